The van der Waals surface area contributed by atoms with Crippen molar-refractivity contribution in [1.82, 2.24) is 9.88 Å². The molecule has 6 heteroatoms. The van der Waals surface area contributed by atoms with Crippen LogP contribution in [0.15, 0.2) is 0 Å². The molecule has 3 rings (SSSR count). The summed E-state index contributed by atoms with van der Waals surface area (Å²) in [6.45, 7) is 7.26. The number of amides is 1. The monoisotopic (exact) mass is 308 g/mol. The van der Waals surface area contributed by atoms with Crippen LogP contribution in [-0.4, -0.2) is 41.5 Å². The molecule has 5 nitrogen and oxygen atoms in total. The lowest BCUT2D eigenvalue weighted by Crippen LogP contribution is -2.38. The number of thiazole rings is 1. The zero-order valence-corrected chi connectivity index (χ0v) is 13.7. The zero-order chi connectivity index (χ0) is 15.0. The molecule has 0 saturated carbocycles. The fourth-order valence-electron chi connectivity index (χ4n) is 3.39. The van der Waals surface area contributed by atoms with E-state index in [9.17, 15) is 4.79 Å². The number of nitrogens with two attached hydrogens (primary N) is 1. The summed E-state index contributed by atoms with van der Waals surface area (Å²) >= 11 is 1.46. The van der Waals surface area contributed by atoms with Crippen molar-refractivity contribution in [2.75, 3.05) is 30.3 Å². The number of likely N-dealkylation sites (tertiary alicyclic amines) is 1. The quantitative estimate of drug-likeness (QED) is 0.932. The van der Waals surface area contributed by atoms with Crippen LogP contribution in [-0.2, 0) is 0 Å². The van der Waals surface area contributed by atoms with Crippen molar-refractivity contribution in [2.24, 2.45) is 5.92 Å². The van der Waals surface area contributed by atoms with E-state index < -0.39 is 0 Å². The standard InChI is InChI=1S/C15H24N4OS/c1-10(2)11-6-5-9-19(11)14(20)12-13(16)17-15(21-12)18-7-3-4-8-18/h10-11H,3-9,16H2,1-2H3. The smallest absolute Gasteiger partial charge is 0.268 e. The van der Waals surface area contributed by atoms with Crippen molar-refractivity contribution < 1.29 is 4.79 Å². The van der Waals surface area contributed by atoms with Crippen molar-refractivity contribution >= 4 is 28.2 Å². The van der Waals surface area contributed by atoms with Crippen LogP contribution in [0.2, 0.25) is 0 Å². The van der Waals surface area contributed by atoms with Gasteiger partial charge in [-0.15, -0.1) is 0 Å². The molecule has 2 aliphatic rings. The van der Waals surface area contributed by atoms with Crippen LogP contribution in [0.4, 0.5) is 10.9 Å². The lowest BCUT2D eigenvalue weighted by atomic mass is 10.0. The maximum atomic E-state index is 12.8. The zero-order valence-electron chi connectivity index (χ0n) is 12.8. The highest BCUT2D eigenvalue weighted by molar-refractivity contribution is 7.18. The maximum Gasteiger partial charge on any atom is 0.268 e. The highest BCUT2D eigenvalue weighted by Gasteiger charge is 2.34. The summed E-state index contributed by atoms with van der Waals surface area (Å²) in [4.78, 5) is 22.1. The summed E-state index contributed by atoms with van der Waals surface area (Å²) in [6, 6.07) is 0.342. The third kappa shape index (κ3) is 2.73. The first-order valence-corrected chi connectivity index (χ1v) is 8.72. The Bertz CT molecular complexity index is 522. The largest absolute Gasteiger partial charge is 0.382 e. The number of hydrogen-bond donors (Lipinski definition) is 1. The minimum atomic E-state index is 0.0756. The molecule has 1 unspecified atom stereocenters. The molecule has 1 atom stereocenters. The van der Waals surface area contributed by atoms with Crippen molar-refractivity contribution in [3.8, 4) is 0 Å². The second-order valence-corrected chi connectivity index (χ2v) is 7.33. The highest BCUT2D eigenvalue weighted by Crippen LogP contribution is 2.33. The van der Waals surface area contributed by atoms with Gasteiger partial charge in [0, 0.05) is 25.7 Å². The third-order valence-corrected chi connectivity index (χ3v) is 5.66. The SMILES string of the molecule is CC(C)C1CCCN1C(=O)c1sc(N2CCCC2)nc1N. The van der Waals surface area contributed by atoms with Gasteiger partial charge in [-0.2, -0.15) is 0 Å². The van der Waals surface area contributed by atoms with Crippen LogP contribution >= 0.6 is 11.3 Å². The Morgan fingerprint density at radius 2 is 2.00 bits per heavy atom. The molecule has 1 amide bonds. The van der Waals surface area contributed by atoms with Gasteiger partial charge in [0.05, 0.1) is 0 Å². The molecule has 2 N–H and O–H groups in total. The Hall–Kier alpha value is -1.30. The van der Waals surface area contributed by atoms with Gasteiger partial charge in [0.1, 0.15) is 10.7 Å². The third-order valence-electron chi connectivity index (χ3n) is 4.54. The van der Waals surface area contributed by atoms with E-state index in [1.54, 1.807) is 0 Å². The van der Waals surface area contributed by atoms with Crippen molar-refractivity contribution in [3.05, 3.63) is 4.88 Å². The van der Waals surface area contributed by atoms with Gasteiger partial charge in [0.25, 0.3) is 5.91 Å². The number of anilines is 2. The van der Waals surface area contributed by atoms with E-state index in [-0.39, 0.29) is 5.91 Å². The van der Waals surface area contributed by atoms with Gasteiger partial charge in [-0.05, 0) is 31.6 Å². The average molecular weight is 308 g/mol. The predicted octanol–water partition coefficient (Wildman–Crippen LogP) is 2.59. The van der Waals surface area contributed by atoms with Gasteiger partial charge in [0.15, 0.2) is 5.13 Å². The molecule has 21 heavy (non-hydrogen) atoms. The molecular weight excluding hydrogens is 284 g/mol. The molecule has 1 aromatic heterocycles. The number of nitrogen functional groups attached to an aromatic ring is 1. The first-order valence-electron chi connectivity index (χ1n) is 7.90. The van der Waals surface area contributed by atoms with E-state index in [1.807, 2.05) is 4.90 Å². The number of carbonyl (C=O) groups is 1. The van der Waals surface area contributed by atoms with E-state index in [0.29, 0.717) is 22.7 Å². The van der Waals surface area contributed by atoms with Gasteiger partial charge in [-0.25, -0.2) is 4.98 Å². The second kappa shape index (κ2) is 5.83. The van der Waals surface area contributed by atoms with Crippen LogP contribution in [0.5, 0.6) is 0 Å². The molecule has 0 bridgehead atoms. The maximum absolute atomic E-state index is 12.8. The lowest BCUT2D eigenvalue weighted by Gasteiger charge is -2.27. The Morgan fingerprint density at radius 1 is 1.29 bits per heavy atom. The summed E-state index contributed by atoms with van der Waals surface area (Å²) in [7, 11) is 0. The van der Waals surface area contributed by atoms with E-state index in [4.69, 9.17) is 5.73 Å². The predicted molar refractivity (Wildman–Crippen MR) is 86.9 cm³/mol. The van der Waals surface area contributed by atoms with E-state index in [2.05, 4.69) is 23.7 Å². The van der Waals surface area contributed by atoms with Crippen LogP contribution in [0.3, 0.4) is 0 Å². The Morgan fingerprint density at radius 3 is 2.67 bits per heavy atom. The molecule has 1 aromatic rings. The van der Waals surface area contributed by atoms with Crippen molar-refractivity contribution in [1.29, 1.82) is 0 Å². The summed E-state index contributed by atoms with van der Waals surface area (Å²) in [5.41, 5.74) is 6.02. The van der Waals surface area contributed by atoms with Crippen molar-refractivity contribution in [2.45, 2.75) is 45.6 Å². The Balaban J connectivity index is 1.81. The molecule has 0 radical (unpaired) electrons. The first kappa shape index (κ1) is 14.6. The summed E-state index contributed by atoms with van der Waals surface area (Å²) in [6.07, 6.45) is 4.59. The van der Waals surface area contributed by atoms with Crippen LogP contribution in [0.1, 0.15) is 49.2 Å². The Labute approximate surface area is 130 Å². The molecular formula is C15H24N4OS. The molecule has 116 valence electrons. The summed E-state index contributed by atoms with van der Waals surface area (Å²) < 4.78 is 0. The number of rotatable bonds is 3. The minimum absolute atomic E-state index is 0.0756. The molecule has 2 fully saturated rings. The molecule has 3 heterocycles. The van der Waals surface area contributed by atoms with Crippen molar-refractivity contribution in [3.63, 3.8) is 0 Å². The summed E-state index contributed by atoms with van der Waals surface area (Å²) in [5, 5.41) is 0.911. The summed E-state index contributed by atoms with van der Waals surface area (Å²) in [5.74, 6) is 0.969. The van der Waals surface area contributed by atoms with Gasteiger partial charge < -0.3 is 15.5 Å². The topological polar surface area (TPSA) is 62.5 Å². The first-order chi connectivity index (χ1) is 10.1. The average Bonchev–Trinajstić information content (AvgIpc) is 3.18. The Kier molecular flexibility index (Phi) is 4.06. The highest BCUT2D eigenvalue weighted by atomic mass is 32.1. The molecule has 2 aliphatic heterocycles. The van der Waals surface area contributed by atoms with E-state index in [0.717, 1.165) is 37.6 Å². The second-order valence-electron chi connectivity index (χ2n) is 6.36. The molecule has 0 aromatic carbocycles. The number of aromatic nitrogens is 1. The van der Waals surface area contributed by atoms with Crippen LogP contribution < -0.4 is 10.6 Å². The van der Waals surface area contributed by atoms with E-state index >= 15 is 0 Å². The number of carbonyl (C=O) groups excluding carboxylic acids is 1. The van der Waals surface area contributed by atoms with Gasteiger partial charge >= 0.3 is 0 Å². The fourth-order valence-corrected chi connectivity index (χ4v) is 4.38. The van der Waals surface area contributed by atoms with Crippen LogP contribution in [0.25, 0.3) is 0 Å². The minimum Gasteiger partial charge on any atom is -0.382 e. The van der Waals surface area contributed by atoms with E-state index in [1.165, 1.54) is 24.2 Å². The number of nitrogens with zero attached hydrogens (tertiary/aromatic N) is 3. The van der Waals surface area contributed by atoms with Gasteiger partial charge in [-0.1, -0.05) is 25.2 Å². The van der Waals surface area contributed by atoms with Crippen LogP contribution in [0, 0.1) is 5.92 Å². The molecule has 2 saturated heterocycles. The normalized spacial score (nSPS) is 22.5. The lowest BCUT2D eigenvalue weighted by molar-refractivity contribution is 0.0707. The number of hydrogen-bond acceptors (Lipinski definition) is 5. The molecule has 0 spiro atoms. The van der Waals surface area contributed by atoms with Gasteiger partial charge in [-0.3, -0.25) is 4.79 Å². The van der Waals surface area contributed by atoms with Gasteiger partial charge in [0.2, 0.25) is 0 Å². The fraction of sp³-hybridized carbons (Fsp3) is 0.733. The molecule has 0 aliphatic carbocycles.